The van der Waals surface area contributed by atoms with Gasteiger partial charge in [0.25, 0.3) is 0 Å². The van der Waals surface area contributed by atoms with Crippen molar-refractivity contribution in [2.45, 2.75) is 58.5 Å². The number of aryl methyl sites for hydroxylation is 2. The number of aromatic nitrogens is 1. The second-order valence-electron chi connectivity index (χ2n) is 4.35. The van der Waals surface area contributed by atoms with Crippen molar-refractivity contribution < 1.29 is 5.11 Å². The van der Waals surface area contributed by atoms with Crippen LogP contribution in [0.15, 0.2) is 18.3 Å². The van der Waals surface area contributed by atoms with E-state index in [2.05, 4.69) is 31.0 Å². The fourth-order valence-electron chi connectivity index (χ4n) is 1.81. The first-order valence-electron chi connectivity index (χ1n) is 6.38. The van der Waals surface area contributed by atoms with Gasteiger partial charge in [0.15, 0.2) is 0 Å². The third kappa shape index (κ3) is 4.75. The zero-order valence-corrected chi connectivity index (χ0v) is 10.4. The minimum atomic E-state index is -0.125. The lowest BCUT2D eigenvalue weighted by molar-refractivity contribution is 0.151. The Balaban J connectivity index is 2.26. The summed E-state index contributed by atoms with van der Waals surface area (Å²) in [6.07, 6.45) is 7.75. The van der Waals surface area contributed by atoms with E-state index in [1.54, 1.807) is 0 Å². The zero-order valence-electron chi connectivity index (χ0n) is 10.4. The van der Waals surface area contributed by atoms with Crippen molar-refractivity contribution in [1.29, 1.82) is 0 Å². The van der Waals surface area contributed by atoms with E-state index in [-0.39, 0.29) is 6.10 Å². The van der Waals surface area contributed by atoms with E-state index >= 15 is 0 Å². The quantitative estimate of drug-likeness (QED) is 0.767. The number of hydrogen-bond acceptors (Lipinski definition) is 2. The van der Waals surface area contributed by atoms with Crippen LogP contribution in [0, 0.1) is 0 Å². The predicted molar refractivity (Wildman–Crippen MR) is 67.5 cm³/mol. The molecule has 16 heavy (non-hydrogen) atoms. The van der Waals surface area contributed by atoms with E-state index in [9.17, 15) is 5.11 Å². The lowest BCUT2D eigenvalue weighted by Crippen LogP contribution is -2.06. The Kier molecular flexibility index (Phi) is 6.09. The third-order valence-electron chi connectivity index (χ3n) is 2.89. The Hall–Kier alpha value is -0.890. The summed E-state index contributed by atoms with van der Waals surface area (Å²) in [6, 6.07) is 4.25. The van der Waals surface area contributed by atoms with Crippen molar-refractivity contribution in [3.8, 4) is 0 Å². The van der Waals surface area contributed by atoms with Crippen molar-refractivity contribution >= 4 is 0 Å². The van der Waals surface area contributed by atoms with Gasteiger partial charge in [0.1, 0.15) is 0 Å². The third-order valence-corrected chi connectivity index (χ3v) is 2.89. The molecule has 0 spiro atoms. The van der Waals surface area contributed by atoms with E-state index < -0.39 is 0 Å². The van der Waals surface area contributed by atoms with Gasteiger partial charge in [-0.05, 0) is 43.7 Å². The molecule has 1 unspecified atom stereocenters. The fourth-order valence-corrected chi connectivity index (χ4v) is 1.81. The van der Waals surface area contributed by atoms with Crippen molar-refractivity contribution in [2.75, 3.05) is 0 Å². The maximum absolute atomic E-state index is 9.59. The molecule has 0 amide bonds. The lowest BCUT2D eigenvalue weighted by atomic mass is 10.1. The molecule has 1 rings (SSSR count). The van der Waals surface area contributed by atoms with Crippen LogP contribution in [0.1, 0.15) is 50.8 Å². The molecule has 1 aromatic rings. The highest BCUT2D eigenvalue weighted by Crippen LogP contribution is 2.09. The molecule has 2 heteroatoms. The molecule has 0 radical (unpaired) electrons. The first-order valence-corrected chi connectivity index (χ1v) is 6.38. The molecule has 1 aromatic heterocycles. The van der Waals surface area contributed by atoms with Gasteiger partial charge in [0, 0.05) is 11.9 Å². The molecular weight excluding hydrogens is 198 g/mol. The second kappa shape index (κ2) is 7.39. The largest absolute Gasteiger partial charge is 0.393 e. The van der Waals surface area contributed by atoms with Crippen LogP contribution in [0.5, 0.6) is 0 Å². The minimum Gasteiger partial charge on any atom is -0.393 e. The van der Waals surface area contributed by atoms with Crippen LogP contribution < -0.4 is 0 Å². The maximum atomic E-state index is 9.59. The van der Waals surface area contributed by atoms with Gasteiger partial charge in [-0.15, -0.1) is 0 Å². The molecule has 1 atom stereocenters. The van der Waals surface area contributed by atoms with E-state index in [0.717, 1.165) is 44.2 Å². The molecule has 2 nitrogen and oxygen atoms in total. The Labute approximate surface area is 98.7 Å². The highest BCUT2D eigenvalue weighted by molar-refractivity contribution is 5.13. The number of aliphatic hydroxyl groups is 1. The molecule has 0 aliphatic carbocycles. The highest BCUT2D eigenvalue weighted by atomic mass is 16.3. The number of aliphatic hydroxyl groups excluding tert-OH is 1. The summed E-state index contributed by atoms with van der Waals surface area (Å²) < 4.78 is 0. The van der Waals surface area contributed by atoms with Gasteiger partial charge in [-0.3, -0.25) is 4.98 Å². The van der Waals surface area contributed by atoms with Crippen LogP contribution in [-0.4, -0.2) is 16.2 Å². The summed E-state index contributed by atoms with van der Waals surface area (Å²) in [5.74, 6) is 0. The summed E-state index contributed by atoms with van der Waals surface area (Å²) in [6.45, 7) is 4.24. The number of hydrogen-bond donors (Lipinski definition) is 1. The normalized spacial score (nSPS) is 12.7. The van der Waals surface area contributed by atoms with E-state index in [1.807, 2.05) is 6.20 Å². The average molecular weight is 221 g/mol. The SMILES string of the molecule is CCCC(O)CCCc1ccc(CC)cn1. The van der Waals surface area contributed by atoms with Gasteiger partial charge in [0.05, 0.1) is 6.10 Å². The van der Waals surface area contributed by atoms with Gasteiger partial charge in [-0.1, -0.05) is 26.3 Å². The van der Waals surface area contributed by atoms with Gasteiger partial charge >= 0.3 is 0 Å². The highest BCUT2D eigenvalue weighted by Gasteiger charge is 2.02. The Morgan fingerprint density at radius 1 is 1.25 bits per heavy atom. The Morgan fingerprint density at radius 2 is 2.06 bits per heavy atom. The predicted octanol–water partition coefficient (Wildman–Crippen LogP) is 3.13. The Bertz CT molecular complexity index is 281. The molecule has 90 valence electrons. The first-order chi connectivity index (χ1) is 7.76. The van der Waals surface area contributed by atoms with Crippen LogP contribution in [0.2, 0.25) is 0 Å². The number of nitrogens with zero attached hydrogens (tertiary/aromatic N) is 1. The monoisotopic (exact) mass is 221 g/mol. The molecule has 1 N–H and O–H groups in total. The van der Waals surface area contributed by atoms with Crippen LogP contribution in [-0.2, 0) is 12.8 Å². The molecule has 0 aromatic carbocycles. The standard InChI is InChI=1S/C14H23NO/c1-3-6-14(16)8-5-7-13-10-9-12(4-2)11-15-13/h9-11,14,16H,3-8H2,1-2H3. The molecule has 0 saturated heterocycles. The molecular formula is C14H23NO. The molecule has 0 saturated carbocycles. The van der Waals surface area contributed by atoms with Gasteiger partial charge in [0.2, 0.25) is 0 Å². The molecule has 0 aliphatic rings. The smallest absolute Gasteiger partial charge is 0.0540 e. The van der Waals surface area contributed by atoms with Crippen LogP contribution in [0.4, 0.5) is 0 Å². The van der Waals surface area contributed by atoms with E-state index in [4.69, 9.17) is 0 Å². The molecule has 0 fully saturated rings. The van der Waals surface area contributed by atoms with Gasteiger partial charge in [-0.25, -0.2) is 0 Å². The van der Waals surface area contributed by atoms with Gasteiger partial charge < -0.3 is 5.11 Å². The minimum absolute atomic E-state index is 0.125. The van der Waals surface area contributed by atoms with E-state index in [1.165, 1.54) is 5.56 Å². The summed E-state index contributed by atoms with van der Waals surface area (Å²) in [7, 11) is 0. The Morgan fingerprint density at radius 3 is 2.62 bits per heavy atom. The molecule has 1 heterocycles. The lowest BCUT2D eigenvalue weighted by Gasteiger charge is -2.08. The summed E-state index contributed by atoms with van der Waals surface area (Å²) >= 11 is 0. The number of pyridine rings is 1. The van der Waals surface area contributed by atoms with Gasteiger partial charge in [-0.2, -0.15) is 0 Å². The molecule has 0 aliphatic heterocycles. The summed E-state index contributed by atoms with van der Waals surface area (Å²) in [4.78, 5) is 4.41. The number of rotatable bonds is 7. The summed E-state index contributed by atoms with van der Waals surface area (Å²) in [5.41, 5.74) is 2.43. The van der Waals surface area contributed by atoms with Crippen molar-refractivity contribution in [3.05, 3.63) is 29.6 Å². The topological polar surface area (TPSA) is 33.1 Å². The van der Waals surface area contributed by atoms with E-state index in [0.29, 0.717) is 0 Å². The fraction of sp³-hybridized carbons (Fsp3) is 0.643. The van der Waals surface area contributed by atoms with Crippen molar-refractivity contribution in [2.24, 2.45) is 0 Å². The first kappa shape index (κ1) is 13.2. The van der Waals surface area contributed by atoms with Crippen molar-refractivity contribution in [3.63, 3.8) is 0 Å². The average Bonchev–Trinajstić information content (AvgIpc) is 2.30. The van der Waals surface area contributed by atoms with Crippen LogP contribution in [0.3, 0.4) is 0 Å². The van der Waals surface area contributed by atoms with Crippen molar-refractivity contribution in [1.82, 2.24) is 4.98 Å². The zero-order chi connectivity index (χ0) is 11.8. The van der Waals surface area contributed by atoms with Crippen LogP contribution >= 0.6 is 0 Å². The maximum Gasteiger partial charge on any atom is 0.0540 e. The second-order valence-corrected chi connectivity index (χ2v) is 4.35. The van der Waals surface area contributed by atoms with Crippen LogP contribution in [0.25, 0.3) is 0 Å². The summed E-state index contributed by atoms with van der Waals surface area (Å²) in [5, 5.41) is 9.59. The molecule has 0 bridgehead atoms.